The smallest absolute Gasteiger partial charge is 0.243 e. The summed E-state index contributed by atoms with van der Waals surface area (Å²) in [5.41, 5.74) is 3.55. The molecule has 28 heavy (non-hydrogen) atoms. The number of nitrogens with zero attached hydrogens (tertiary/aromatic N) is 2. The van der Waals surface area contributed by atoms with E-state index in [4.69, 9.17) is 4.74 Å². The summed E-state index contributed by atoms with van der Waals surface area (Å²) in [6, 6.07) is 13.7. The lowest BCUT2D eigenvalue weighted by molar-refractivity contribution is 0.337. The molecule has 2 aromatic rings. The summed E-state index contributed by atoms with van der Waals surface area (Å²) >= 11 is 0. The summed E-state index contributed by atoms with van der Waals surface area (Å²) < 4.78 is 33.7. The van der Waals surface area contributed by atoms with Crippen LogP contribution in [0.25, 0.3) is 0 Å². The summed E-state index contributed by atoms with van der Waals surface area (Å²) in [6.45, 7) is 4.88. The van der Waals surface area contributed by atoms with Gasteiger partial charge in [-0.1, -0.05) is 18.2 Å². The highest BCUT2D eigenvalue weighted by atomic mass is 32.2. The second kappa shape index (κ2) is 8.13. The van der Waals surface area contributed by atoms with Gasteiger partial charge in [0, 0.05) is 26.2 Å². The Morgan fingerprint density at radius 1 is 0.929 bits per heavy atom. The number of para-hydroxylation sites is 2. The average molecular weight is 401 g/mol. The lowest BCUT2D eigenvalue weighted by Gasteiger charge is -2.36. The van der Waals surface area contributed by atoms with Crippen LogP contribution < -0.4 is 9.64 Å². The maximum Gasteiger partial charge on any atom is 0.243 e. The van der Waals surface area contributed by atoms with Gasteiger partial charge in [-0.2, -0.15) is 4.31 Å². The minimum Gasteiger partial charge on any atom is -0.492 e. The number of rotatable bonds is 5. The van der Waals surface area contributed by atoms with Crippen LogP contribution >= 0.6 is 0 Å². The van der Waals surface area contributed by atoms with Gasteiger partial charge in [-0.25, -0.2) is 8.42 Å². The van der Waals surface area contributed by atoms with Crippen molar-refractivity contribution in [2.75, 3.05) is 37.7 Å². The molecule has 0 spiro atoms. The van der Waals surface area contributed by atoms with E-state index in [-0.39, 0.29) is 0 Å². The molecular formula is C22H28N2O3S. The fourth-order valence-electron chi connectivity index (χ4n) is 4.18. The lowest BCUT2D eigenvalue weighted by atomic mass is 9.92. The molecule has 5 nitrogen and oxygen atoms in total. The molecule has 1 heterocycles. The van der Waals surface area contributed by atoms with Gasteiger partial charge in [0.2, 0.25) is 10.0 Å². The van der Waals surface area contributed by atoms with Gasteiger partial charge in [0.05, 0.1) is 17.2 Å². The average Bonchev–Trinajstić information content (AvgIpc) is 2.74. The van der Waals surface area contributed by atoms with Gasteiger partial charge in [0.15, 0.2) is 0 Å². The number of aryl methyl sites for hydroxylation is 2. The molecule has 150 valence electrons. The minimum atomic E-state index is -3.45. The Morgan fingerprint density at radius 3 is 2.39 bits per heavy atom. The van der Waals surface area contributed by atoms with Crippen LogP contribution in [-0.4, -0.2) is 45.5 Å². The van der Waals surface area contributed by atoms with E-state index in [0.29, 0.717) is 37.7 Å². The number of ether oxygens (including phenoxy) is 1. The third-order valence-corrected chi connectivity index (χ3v) is 7.60. The number of sulfonamides is 1. The molecule has 2 aromatic carbocycles. The van der Waals surface area contributed by atoms with E-state index < -0.39 is 10.0 Å². The van der Waals surface area contributed by atoms with E-state index in [2.05, 4.69) is 4.90 Å². The van der Waals surface area contributed by atoms with Crippen molar-refractivity contribution in [2.24, 2.45) is 0 Å². The maximum atomic E-state index is 13.2. The first-order valence-corrected chi connectivity index (χ1v) is 11.6. The fraction of sp³-hybridized carbons (Fsp3) is 0.455. The topological polar surface area (TPSA) is 49.9 Å². The first kappa shape index (κ1) is 19.3. The highest BCUT2D eigenvalue weighted by Crippen LogP contribution is 2.30. The summed E-state index contributed by atoms with van der Waals surface area (Å²) in [5.74, 6) is 0.857. The molecule has 2 aliphatic rings. The lowest BCUT2D eigenvalue weighted by Crippen LogP contribution is -2.48. The molecular weight excluding hydrogens is 372 g/mol. The molecule has 1 aliphatic heterocycles. The van der Waals surface area contributed by atoms with Crippen molar-refractivity contribution in [1.82, 2.24) is 4.31 Å². The van der Waals surface area contributed by atoms with E-state index in [1.54, 1.807) is 10.4 Å². The Kier molecular flexibility index (Phi) is 5.60. The number of fused-ring (bicyclic) bond motifs is 1. The van der Waals surface area contributed by atoms with E-state index in [1.807, 2.05) is 43.3 Å². The van der Waals surface area contributed by atoms with Crippen LogP contribution in [0.15, 0.2) is 47.4 Å². The zero-order valence-corrected chi connectivity index (χ0v) is 17.2. The van der Waals surface area contributed by atoms with E-state index in [1.165, 1.54) is 17.5 Å². The van der Waals surface area contributed by atoms with Gasteiger partial charge >= 0.3 is 0 Å². The largest absolute Gasteiger partial charge is 0.492 e. The number of benzene rings is 2. The first-order valence-electron chi connectivity index (χ1n) is 10.2. The second-order valence-corrected chi connectivity index (χ2v) is 9.37. The monoisotopic (exact) mass is 400 g/mol. The third kappa shape index (κ3) is 3.76. The molecule has 0 bridgehead atoms. The van der Waals surface area contributed by atoms with Gasteiger partial charge in [0.1, 0.15) is 5.75 Å². The molecule has 0 N–H and O–H groups in total. The van der Waals surface area contributed by atoms with Gasteiger partial charge in [-0.15, -0.1) is 0 Å². The van der Waals surface area contributed by atoms with Crippen molar-refractivity contribution in [2.45, 2.75) is 37.5 Å². The maximum absolute atomic E-state index is 13.2. The van der Waals surface area contributed by atoms with Gasteiger partial charge in [-0.05, 0) is 68.0 Å². The normalized spacial score (nSPS) is 18.0. The molecule has 0 atom stereocenters. The molecule has 0 radical (unpaired) electrons. The standard InChI is InChI=1S/C22H28N2O3S/c1-2-27-22-10-6-5-9-21(22)23-13-15-24(16-14-23)28(25,26)20-12-11-18-7-3-4-8-19(18)17-20/h5-6,9-12,17H,2-4,7-8,13-16H2,1H3. The SMILES string of the molecule is CCOc1ccccc1N1CCN(S(=O)(=O)c2ccc3c(c2)CCCC3)CC1. The molecule has 4 rings (SSSR count). The Morgan fingerprint density at radius 2 is 1.64 bits per heavy atom. The third-order valence-electron chi connectivity index (χ3n) is 5.70. The van der Waals surface area contributed by atoms with Crippen molar-refractivity contribution in [3.05, 3.63) is 53.6 Å². The second-order valence-electron chi connectivity index (χ2n) is 7.43. The zero-order chi connectivity index (χ0) is 19.6. The summed E-state index contributed by atoms with van der Waals surface area (Å²) in [6.07, 6.45) is 4.40. The zero-order valence-electron chi connectivity index (χ0n) is 16.4. The highest BCUT2D eigenvalue weighted by molar-refractivity contribution is 7.89. The van der Waals surface area contributed by atoms with Gasteiger partial charge in [0.25, 0.3) is 0 Å². The van der Waals surface area contributed by atoms with Crippen LogP contribution in [0.5, 0.6) is 5.75 Å². The van der Waals surface area contributed by atoms with Crippen molar-refractivity contribution in [3.63, 3.8) is 0 Å². The number of hydrogen-bond acceptors (Lipinski definition) is 4. The predicted molar refractivity (Wildman–Crippen MR) is 112 cm³/mol. The van der Waals surface area contributed by atoms with Gasteiger partial charge in [-0.3, -0.25) is 0 Å². The molecule has 0 aromatic heterocycles. The van der Waals surface area contributed by atoms with Crippen molar-refractivity contribution < 1.29 is 13.2 Å². The number of piperazine rings is 1. The van der Waals surface area contributed by atoms with Crippen LogP contribution in [-0.2, 0) is 22.9 Å². The minimum absolute atomic E-state index is 0.441. The Bertz CT molecular complexity index is 935. The Hall–Kier alpha value is -2.05. The first-order chi connectivity index (χ1) is 13.6. The highest BCUT2D eigenvalue weighted by Gasteiger charge is 2.30. The molecule has 1 saturated heterocycles. The molecule has 6 heteroatoms. The number of anilines is 1. The quantitative estimate of drug-likeness (QED) is 0.771. The van der Waals surface area contributed by atoms with E-state index in [0.717, 1.165) is 30.7 Å². The van der Waals surface area contributed by atoms with Crippen molar-refractivity contribution >= 4 is 15.7 Å². The molecule has 1 fully saturated rings. The molecule has 0 amide bonds. The fourth-order valence-corrected chi connectivity index (χ4v) is 5.66. The molecule has 1 aliphatic carbocycles. The molecule has 0 saturated carbocycles. The summed E-state index contributed by atoms with van der Waals surface area (Å²) in [4.78, 5) is 2.65. The summed E-state index contributed by atoms with van der Waals surface area (Å²) in [7, 11) is -3.45. The van der Waals surface area contributed by atoms with Crippen LogP contribution in [0.2, 0.25) is 0 Å². The van der Waals surface area contributed by atoms with Crippen molar-refractivity contribution in [1.29, 1.82) is 0 Å². The molecule has 0 unspecified atom stereocenters. The summed E-state index contributed by atoms with van der Waals surface area (Å²) in [5, 5.41) is 0. The van der Waals surface area contributed by atoms with Crippen LogP contribution in [0.3, 0.4) is 0 Å². The van der Waals surface area contributed by atoms with Crippen LogP contribution in [0.1, 0.15) is 30.9 Å². The van der Waals surface area contributed by atoms with Crippen LogP contribution in [0.4, 0.5) is 5.69 Å². The Labute approximate surface area is 168 Å². The van der Waals surface area contributed by atoms with E-state index in [9.17, 15) is 8.42 Å². The van der Waals surface area contributed by atoms with E-state index >= 15 is 0 Å². The van der Waals surface area contributed by atoms with Gasteiger partial charge < -0.3 is 9.64 Å². The number of hydrogen-bond donors (Lipinski definition) is 0. The Balaban J connectivity index is 1.49. The van der Waals surface area contributed by atoms with Crippen LogP contribution in [0, 0.1) is 0 Å². The van der Waals surface area contributed by atoms with Crippen molar-refractivity contribution in [3.8, 4) is 5.75 Å². The predicted octanol–water partition coefficient (Wildman–Crippen LogP) is 3.48.